The van der Waals surface area contributed by atoms with E-state index in [0.717, 1.165) is 5.56 Å². The lowest BCUT2D eigenvalue weighted by Crippen LogP contribution is -2.21. The number of hydrogen-bond donors (Lipinski definition) is 6. The second-order valence-electron chi connectivity index (χ2n) is 9.33. The summed E-state index contributed by atoms with van der Waals surface area (Å²) in [5.41, 5.74) is 2.56. The molecule has 0 aliphatic carbocycles. The molecule has 4 aromatic rings. The van der Waals surface area contributed by atoms with E-state index in [1.54, 1.807) is 24.3 Å². The largest absolute Gasteiger partial charge is 0.496 e. The van der Waals surface area contributed by atoms with Gasteiger partial charge in [0.15, 0.2) is 11.9 Å². The standard InChI is InChI=1S/C29H31FN4O6/c1-16(15-40-29(38)33-20-6-4-5-17(9-20)13-31-2)21-8-7-18(11-25(21)39-3)26(28(36)37)34-24-12-22-19(10-23(24)30)14-32-27(22)35/h4-12,14,16,26,31-32,34-35H,13,15H2,1-3H3,(H,33,38)(H,36,37)/t16-,26?/m0/s1. The highest BCUT2D eigenvalue weighted by atomic mass is 19.1. The highest BCUT2D eigenvalue weighted by Crippen LogP contribution is 2.34. The molecule has 0 spiro atoms. The second-order valence-corrected chi connectivity index (χ2v) is 9.33. The van der Waals surface area contributed by atoms with Crippen LogP contribution in [0.4, 0.5) is 20.6 Å². The fourth-order valence-corrected chi connectivity index (χ4v) is 4.41. The number of aliphatic carboxylic acids is 1. The van der Waals surface area contributed by atoms with Crippen LogP contribution in [0, 0.1) is 5.82 Å². The Balaban J connectivity index is 1.46. The minimum absolute atomic E-state index is 0.0454. The van der Waals surface area contributed by atoms with Gasteiger partial charge < -0.3 is 35.3 Å². The van der Waals surface area contributed by atoms with Crippen LogP contribution >= 0.6 is 0 Å². The van der Waals surface area contributed by atoms with Gasteiger partial charge in [0.05, 0.1) is 19.4 Å². The van der Waals surface area contributed by atoms with Crippen LogP contribution in [0.5, 0.6) is 11.6 Å². The molecule has 1 amide bonds. The molecule has 0 bridgehead atoms. The molecule has 1 unspecified atom stereocenters. The fourth-order valence-electron chi connectivity index (χ4n) is 4.41. The molecule has 0 saturated heterocycles. The molecule has 210 valence electrons. The normalized spacial score (nSPS) is 12.5. The molecule has 0 aliphatic heterocycles. The van der Waals surface area contributed by atoms with Gasteiger partial charge in [0.25, 0.3) is 0 Å². The molecule has 40 heavy (non-hydrogen) atoms. The number of anilines is 2. The van der Waals surface area contributed by atoms with E-state index < -0.39 is 23.9 Å². The number of benzene rings is 3. The number of fused-ring (bicyclic) bond motifs is 1. The van der Waals surface area contributed by atoms with Crippen molar-refractivity contribution in [1.29, 1.82) is 0 Å². The second kappa shape index (κ2) is 12.4. The van der Waals surface area contributed by atoms with Crippen LogP contribution in [0.15, 0.2) is 60.8 Å². The van der Waals surface area contributed by atoms with Crippen LogP contribution in [0.25, 0.3) is 10.8 Å². The topological polar surface area (TPSA) is 145 Å². The first-order valence-corrected chi connectivity index (χ1v) is 12.5. The van der Waals surface area contributed by atoms with Gasteiger partial charge in [0.2, 0.25) is 0 Å². The van der Waals surface area contributed by atoms with E-state index in [2.05, 4.69) is 20.9 Å². The van der Waals surface area contributed by atoms with Crippen molar-refractivity contribution in [3.8, 4) is 11.6 Å². The summed E-state index contributed by atoms with van der Waals surface area (Å²) in [6, 6.07) is 13.5. The third kappa shape index (κ3) is 6.44. The summed E-state index contributed by atoms with van der Waals surface area (Å²) in [7, 11) is 3.29. The van der Waals surface area contributed by atoms with Gasteiger partial charge in [0.1, 0.15) is 11.6 Å². The molecule has 0 aliphatic rings. The maximum Gasteiger partial charge on any atom is 0.411 e. The Hall–Kier alpha value is -4.77. The van der Waals surface area contributed by atoms with E-state index in [4.69, 9.17) is 9.47 Å². The number of carbonyl (C=O) groups is 2. The number of carbonyl (C=O) groups excluding carboxylic acids is 1. The van der Waals surface area contributed by atoms with E-state index in [9.17, 15) is 24.2 Å². The average Bonchev–Trinajstić information content (AvgIpc) is 3.29. The van der Waals surface area contributed by atoms with Gasteiger partial charge in [-0.1, -0.05) is 31.2 Å². The molecule has 1 aromatic heterocycles. The third-order valence-electron chi connectivity index (χ3n) is 6.45. The van der Waals surface area contributed by atoms with E-state index in [0.29, 0.717) is 39.9 Å². The first-order chi connectivity index (χ1) is 19.2. The first kappa shape index (κ1) is 28.2. The summed E-state index contributed by atoms with van der Waals surface area (Å²) in [5.74, 6) is -1.94. The number of hydrogen-bond acceptors (Lipinski definition) is 7. The van der Waals surface area contributed by atoms with Crippen molar-refractivity contribution in [2.24, 2.45) is 0 Å². The molecule has 6 N–H and O–H groups in total. The number of rotatable bonds is 11. The highest BCUT2D eigenvalue weighted by molar-refractivity contribution is 5.91. The summed E-state index contributed by atoms with van der Waals surface area (Å²) in [4.78, 5) is 27.1. The number of methoxy groups -OCH3 is 1. The lowest BCUT2D eigenvalue weighted by atomic mass is 9.96. The lowest BCUT2D eigenvalue weighted by Gasteiger charge is -2.21. The Bertz CT molecular complexity index is 1520. The SMILES string of the molecule is CNCc1cccc(NC(=O)OC[C@H](C)c2ccc(C(Nc3cc4c(O)[nH]cc4cc3F)C(=O)O)cc2OC)c1. The summed E-state index contributed by atoms with van der Waals surface area (Å²) in [5, 5.41) is 29.1. The zero-order chi connectivity index (χ0) is 28.8. The molecular weight excluding hydrogens is 519 g/mol. The number of carboxylic acid groups (broad SMARTS) is 1. The van der Waals surface area contributed by atoms with E-state index >= 15 is 0 Å². The Kier molecular flexibility index (Phi) is 8.75. The number of aromatic hydroxyl groups is 1. The van der Waals surface area contributed by atoms with E-state index in [1.807, 2.05) is 32.2 Å². The number of aromatic amines is 1. The summed E-state index contributed by atoms with van der Waals surface area (Å²) < 4.78 is 25.6. The van der Waals surface area contributed by atoms with Crippen LogP contribution in [-0.4, -0.2) is 48.0 Å². The van der Waals surface area contributed by atoms with Gasteiger partial charge in [-0.2, -0.15) is 0 Å². The molecule has 1 heterocycles. The van der Waals surface area contributed by atoms with Gasteiger partial charge in [-0.25, -0.2) is 14.0 Å². The van der Waals surface area contributed by atoms with Gasteiger partial charge in [-0.3, -0.25) is 5.32 Å². The molecule has 0 fully saturated rings. The number of amides is 1. The van der Waals surface area contributed by atoms with Crippen molar-refractivity contribution >= 4 is 34.2 Å². The van der Waals surface area contributed by atoms with Crippen molar-refractivity contribution < 1.29 is 33.7 Å². The van der Waals surface area contributed by atoms with Crippen molar-refractivity contribution in [2.45, 2.75) is 25.4 Å². The Labute approximate surface area is 230 Å². The van der Waals surface area contributed by atoms with Gasteiger partial charge in [-0.15, -0.1) is 0 Å². The van der Waals surface area contributed by atoms with Crippen LogP contribution in [0.1, 0.15) is 35.6 Å². The van der Waals surface area contributed by atoms with Crippen molar-refractivity contribution in [2.75, 3.05) is 31.4 Å². The minimum atomic E-state index is -1.31. The van der Waals surface area contributed by atoms with Crippen molar-refractivity contribution in [3.63, 3.8) is 0 Å². The van der Waals surface area contributed by atoms with E-state index in [-0.39, 0.29) is 24.1 Å². The Morgan fingerprint density at radius 2 is 1.93 bits per heavy atom. The van der Waals surface area contributed by atoms with Gasteiger partial charge in [0, 0.05) is 40.7 Å². The molecule has 11 heteroatoms. The molecule has 10 nitrogen and oxygen atoms in total. The monoisotopic (exact) mass is 550 g/mol. The summed E-state index contributed by atoms with van der Waals surface area (Å²) >= 11 is 0. The first-order valence-electron chi connectivity index (χ1n) is 12.5. The Morgan fingerprint density at radius 1 is 1.12 bits per heavy atom. The van der Waals surface area contributed by atoms with Crippen LogP contribution in [0.2, 0.25) is 0 Å². The lowest BCUT2D eigenvalue weighted by molar-refractivity contribution is -0.138. The fraction of sp³-hybridized carbons (Fsp3) is 0.241. The number of nitrogens with one attached hydrogen (secondary N) is 4. The Morgan fingerprint density at radius 3 is 2.65 bits per heavy atom. The molecular formula is C29H31FN4O6. The highest BCUT2D eigenvalue weighted by Gasteiger charge is 2.24. The predicted molar refractivity (Wildman–Crippen MR) is 150 cm³/mol. The summed E-state index contributed by atoms with van der Waals surface area (Å²) in [6.07, 6.45) is 0.846. The van der Waals surface area contributed by atoms with Crippen LogP contribution in [0.3, 0.4) is 0 Å². The number of carboxylic acids is 1. The number of aromatic nitrogens is 1. The maximum atomic E-state index is 14.7. The predicted octanol–water partition coefficient (Wildman–Crippen LogP) is 5.33. The van der Waals surface area contributed by atoms with Crippen molar-refractivity contribution in [1.82, 2.24) is 10.3 Å². The number of ether oxygens (including phenoxy) is 2. The van der Waals surface area contributed by atoms with Crippen molar-refractivity contribution in [3.05, 3.63) is 83.3 Å². The van der Waals surface area contributed by atoms with Crippen LogP contribution in [-0.2, 0) is 16.1 Å². The number of halogens is 1. The quantitative estimate of drug-likeness (QED) is 0.147. The summed E-state index contributed by atoms with van der Waals surface area (Å²) in [6.45, 7) is 2.55. The van der Waals surface area contributed by atoms with Crippen LogP contribution < -0.4 is 20.7 Å². The maximum absolute atomic E-state index is 14.7. The van der Waals surface area contributed by atoms with Gasteiger partial charge in [-0.05, 0) is 48.5 Å². The molecule has 0 radical (unpaired) electrons. The molecule has 2 atom stereocenters. The van der Waals surface area contributed by atoms with Gasteiger partial charge >= 0.3 is 12.1 Å². The zero-order valence-electron chi connectivity index (χ0n) is 22.2. The average molecular weight is 551 g/mol. The number of H-pyrrole nitrogens is 1. The van der Waals surface area contributed by atoms with E-state index in [1.165, 1.54) is 25.4 Å². The molecule has 3 aromatic carbocycles. The zero-order valence-corrected chi connectivity index (χ0v) is 22.2. The molecule has 0 saturated carbocycles. The smallest absolute Gasteiger partial charge is 0.411 e. The minimum Gasteiger partial charge on any atom is -0.496 e. The molecule has 4 rings (SSSR count). The third-order valence-corrected chi connectivity index (χ3v) is 6.45.